The third-order valence-electron chi connectivity index (χ3n) is 3.10. The average molecular weight is 256 g/mol. The van der Waals surface area contributed by atoms with Crippen LogP contribution in [0.2, 0.25) is 0 Å². The van der Waals surface area contributed by atoms with Gasteiger partial charge < -0.3 is 9.47 Å². The fraction of sp³-hybridized carbons (Fsp3) is 0.857. The predicted octanol–water partition coefficient (Wildman–Crippen LogP) is 2.70. The molecule has 18 heavy (non-hydrogen) atoms. The van der Waals surface area contributed by atoms with Crippen molar-refractivity contribution in [1.29, 1.82) is 0 Å². The normalized spacial score (nSPS) is 24.1. The number of ether oxygens (including phenoxy) is 2. The minimum absolute atomic E-state index is 0.0458. The smallest absolute Gasteiger partial charge is 0.309 e. The van der Waals surface area contributed by atoms with Crippen LogP contribution in [0.4, 0.5) is 0 Å². The molecule has 0 aliphatic heterocycles. The second-order valence-electron chi connectivity index (χ2n) is 5.52. The van der Waals surface area contributed by atoms with Gasteiger partial charge in [-0.15, -0.1) is 0 Å². The van der Waals surface area contributed by atoms with Gasteiger partial charge in [-0.1, -0.05) is 0 Å². The first-order chi connectivity index (χ1) is 8.40. The van der Waals surface area contributed by atoms with Crippen LogP contribution in [-0.4, -0.2) is 24.1 Å². The lowest BCUT2D eigenvalue weighted by molar-refractivity contribution is -0.159. The summed E-state index contributed by atoms with van der Waals surface area (Å²) in [6.45, 7) is 7.40. The van der Waals surface area contributed by atoms with Crippen molar-refractivity contribution < 1.29 is 19.1 Å². The summed E-state index contributed by atoms with van der Waals surface area (Å²) in [5.41, 5.74) is 0. The summed E-state index contributed by atoms with van der Waals surface area (Å²) in [7, 11) is 0. The van der Waals surface area contributed by atoms with E-state index in [1.165, 1.54) is 0 Å². The lowest BCUT2D eigenvalue weighted by Gasteiger charge is -2.27. The van der Waals surface area contributed by atoms with E-state index < -0.39 is 0 Å². The summed E-state index contributed by atoms with van der Waals surface area (Å²) in [5.74, 6) is -0.340. The van der Waals surface area contributed by atoms with Gasteiger partial charge in [-0.25, -0.2) is 0 Å². The first kappa shape index (κ1) is 15.0. The van der Waals surface area contributed by atoms with Gasteiger partial charge in [-0.05, 0) is 53.4 Å². The van der Waals surface area contributed by atoms with E-state index in [0.717, 1.165) is 25.7 Å². The van der Waals surface area contributed by atoms with E-state index in [9.17, 15) is 9.59 Å². The highest BCUT2D eigenvalue weighted by Gasteiger charge is 2.32. The first-order valence-corrected chi connectivity index (χ1v) is 6.81. The quantitative estimate of drug-likeness (QED) is 0.726. The van der Waals surface area contributed by atoms with Crippen LogP contribution in [0.3, 0.4) is 0 Å². The zero-order chi connectivity index (χ0) is 13.7. The zero-order valence-corrected chi connectivity index (χ0v) is 11.8. The minimum Gasteiger partial charge on any atom is -0.463 e. The third-order valence-corrected chi connectivity index (χ3v) is 3.10. The van der Waals surface area contributed by atoms with Crippen molar-refractivity contribution in [3.05, 3.63) is 0 Å². The Hall–Kier alpha value is -1.06. The molecule has 0 aromatic rings. The van der Waals surface area contributed by atoms with Crippen molar-refractivity contribution in [2.24, 2.45) is 11.8 Å². The summed E-state index contributed by atoms with van der Waals surface area (Å²) in [5, 5.41) is 0. The van der Waals surface area contributed by atoms with Crippen molar-refractivity contribution in [3.63, 3.8) is 0 Å². The minimum atomic E-state index is -0.124. The summed E-state index contributed by atoms with van der Waals surface area (Å²) in [4.78, 5) is 23.4. The van der Waals surface area contributed by atoms with Crippen LogP contribution in [0.15, 0.2) is 0 Å². The Morgan fingerprint density at radius 3 is 1.28 bits per heavy atom. The number of hydrogen-bond acceptors (Lipinski definition) is 4. The van der Waals surface area contributed by atoms with Gasteiger partial charge in [0.05, 0.1) is 24.0 Å². The molecule has 0 saturated heterocycles. The molecule has 0 atom stereocenters. The van der Waals surface area contributed by atoms with Crippen LogP contribution in [-0.2, 0) is 19.1 Å². The zero-order valence-electron chi connectivity index (χ0n) is 11.8. The number of hydrogen-bond donors (Lipinski definition) is 0. The molecule has 0 bridgehead atoms. The monoisotopic (exact) mass is 256 g/mol. The summed E-state index contributed by atoms with van der Waals surface area (Å²) in [6.07, 6.45) is 2.77. The standard InChI is InChI=1S/C14H24O4/c1-9(2)17-13(15)11-5-7-12(8-6-11)14(16)18-10(3)4/h9-12H,5-8H2,1-4H3. The van der Waals surface area contributed by atoms with E-state index in [1.54, 1.807) is 0 Å². The van der Waals surface area contributed by atoms with Crippen molar-refractivity contribution in [3.8, 4) is 0 Å². The molecular formula is C14H24O4. The Morgan fingerprint density at radius 1 is 0.778 bits per heavy atom. The number of rotatable bonds is 4. The van der Waals surface area contributed by atoms with Gasteiger partial charge in [0.2, 0.25) is 0 Å². The second-order valence-corrected chi connectivity index (χ2v) is 5.52. The maximum Gasteiger partial charge on any atom is 0.309 e. The Labute approximate surface area is 109 Å². The third kappa shape index (κ3) is 4.67. The van der Waals surface area contributed by atoms with Crippen molar-refractivity contribution >= 4 is 11.9 Å². The highest BCUT2D eigenvalue weighted by Crippen LogP contribution is 2.30. The molecule has 1 aliphatic rings. The van der Waals surface area contributed by atoms with Gasteiger partial charge in [0.15, 0.2) is 0 Å². The summed E-state index contributed by atoms with van der Waals surface area (Å²) < 4.78 is 10.4. The molecule has 4 nitrogen and oxygen atoms in total. The fourth-order valence-corrected chi connectivity index (χ4v) is 2.22. The molecule has 1 saturated carbocycles. The lowest BCUT2D eigenvalue weighted by Crippen LogP contribution is -2.30. The molecule has 0 heterocycles. The number of carbonyl (C=O) groups excluding carboxylic acids is 2. The summed E-state index contributed by atoms with van der Waals surface area (Å²) >= 11 is 0. The first-order valence-electron chi connectivity index (χ1n) is 6.81. The molecule has 0 aromatic heterocycles. The lowest BCUT2D eigenvalue weighted by atomic mass is 9.82. The topological polar surface area (TPSA) is 52.6 Å². The van der Waals surface area contributed by atoms with Crippen LogP contribution in [0.1, 0.15) is 53.4 Å². The molecule has 0 amide bonds. The molecule has 0 aromatic carbocycles. The Kier molecular flexibility index (Phi) is 5.63. The van der Waals surface area contributed by atoms with Crippen LogP contribution >= 0.6 is 0 Å². The highest BCUT2D eigenvalue weighted by molar-refractivity contribution is 5.75. The molecule has 4 heteroatoms. The van der Waals surface area contributed by atoms with Crippen molar-refractivity contribution in [2.45, 2.75) is 65.6 Å². The maximum absolute atomic E-state index is 11.7. The second kappa shape index (κ2) is 6.76. The molecule has 0 spiro atoms. The van der Waals surface area contributed by atoms with Gasteiger partial charge in [0.1, 0.15) is 0 Å². The molecule has 0 N–H and O–H groups in total. The van der Waals surface area contributed by atoms with Gasteiger partial charge in [0, 0.05) is 0 Å². The van der Waals surface area contributed by atoms with E-state index in [-0.39, 0.29) is 36.0 Å². The molecular weight excluding hydrogens is 232 g/mol. The van der Waals surface area contributed by atoms with Gasteiger partial charge in [-0.3, -0.25) is 9.59 Å². The summed E-state index contributed by atoms with van der Waals surface area (Å²) in [6, 6.07) is 0. The van der Waals surface area contributed by atoms with E-state index in [4.69, 9.17) is 9.47 Å². The number of carbonyl (C=O) groups is 2. The molecule has 1 aliphatic carbocycles. The van der Waals surface area contributed by atoms with Gasteiger partial charge >= 0.3 is 11.9 Å². The molecule has 1 rings (SSSR count). The van der Waals surface area contributed by atoms with E-state index in [2.05, 4.69) is 0 Å². The molecule has 0 unspecified atom stereocenters. The largest absolute Gasteiger partial charge is 0.463 e. The highest BCUT2D eigenvalue weighted by atomic mass is 16.5. The molecule has 104 valence electrons. The van der Waals surface area contributed by atoms with Crippen molar-refractivity contribution in [1.82, 2.24) is 0 Å². The van der Waals surface area contributed by atoms with Crippen molar-refractivity contribution in [2.75, 3.05) is 0 Å². The molecule has 0 radical (unpaired) electrons. The predicted molar refractivity (Wildman–Crippen MR) is 67.9 cm³/mol. The Morgan fingerprint density at radius 2 is 1.06 bits per heavy atom. The van der Waals surface area contributed by atoms with Crippen LogP contribution in [0, 0.1) is 11.8 Å². The van der Waals surface area contributed by atoms with E-state index in [1.807, 2.05) is 27.7 Å². The molecule has 1 fully saturated rings. The fourth-order valence-electron chi connectivity index (χ4n) is 2.22. The Balaban J connectivity index is 2.36. The average Bonchev–Trinajstić information content (AvgIpc) is 2.27. The van der Waals surface area contributed by atoms with Crippen LogP contribution < -0.4 is 0 Å². The number of esters is 2. The van der Waals surface area contributed by atoms with E-state index >= 15 is 0 Å². The van der Waals surface area contributed by atoms with Gasteiger partial charge in [-0.2, -0.15) is 0 Å². The van der Waals surface area contributed by atoms with Crippen LogP contribution in [0.25, 0.3) is 0 Å². The maximum atomic E-state index is 11.7. The van der Waals surface area contributed by atoms with Gasteiger partial charge in [0.25, 0.3) is 0 Å². The van der Waals surface area contributed by atoms with Crippen LogP contribution in [0.5, 0.6) is 0 Å². The Bertz CT molecular complexity index is 258. The SMILES string of the molecule is CC(C)OC(=O)C1CCC(C(=O)OC(C)C)CC1. The van der Waals surface area contributed by atoms with E-state index in [0.29, 0.717) is 0 Å².